The van der Waals surface area contributed by atoms with Crippen LogP contribution in [0.4, 0.5) is 30.7 Å². The van der Waals surface area contributed by atoms with E-state index in [2.05, 4.69) is 33.0 Å². The normalized spacial score (nSPS) is 15.0. The lowest BCUT2D eigenvalue weighted by Crippen LogP contribution is -2.48. The molecule has 0 atom stereocenters. The van der Waals surface area contributed by atoms with Gasteiger partial charge in [0.05, 0.1) is 13.2 Å². The molecule has 10 rings (SSSR count). The molecule has 106 heavy (non-hydrogen) atoms. The van der Waals surface area contributed by atoms with Crippen molar-refractivity contribution in [1.29, 1.82) is 0 Å². The minimum Gasteiger partial charge on any atom is -0.493 e. The van der Waals surface area contributed by atoms with Crippen molar-refractivity contribution in [3.63, 3.8) is 0 Å². The van der Waals surface area contributed by atoms with Gasteiger partial charge in [0, 0.05) is 143 Å². The second-order valence-electron chi connectivity index (χ2n) is 27.9. The van der Waals surface area contributed by atoms with E-state index >= 15 is 0 Å². The Hall–Kier alpha value is -9.16. The van der Waals surface area contributed by atoms with Crippen LogP contribution in [0, 0.1) is 35.1 Å². The number of Topliss-reactive ketones (excluding diaryl/α,β-unsaturated/α-hetero) is 1. The van der Waals surface area contributed by atoms with Gasteiger partial charge in [-0.25, -0.2) is 17.6 Å². The fraction of sp³-hybridized carbons (Fsp3) is 0.476. The van der Waals surface area contributed by atoms with Crippen LogP contribution >= 0.6 is 0 Å². The van der Waals surface area contributed by atoms with Crippen molar-refractivity contribution >= 4 is 41.2 Å². The van der Waals surface area contributed by atoms with Gasteiger partial charge < -0.3 is 49.9 Å². The van der Waals surface area contributed by atoms with Crippen molar-refractivity contribution in [2.45, 2.75) is 176 Å². The van der Waals surface area contributed by atoms with Crippen LogP contribution in [0.2, 0.25) is 0 Å². The van der Waals surface area contributed by atoms with E-state index in [-0.39, 0.29) is 96.6 Å². The van der Waals surface area contributed by atoms with Gasteiger partial charge in [-0.1, -0.05) is 100 Å². The Kier molecular flexibility index (Phi) is 35.7. The molecular weight excluding hydrogens is 1370 g/mol. The number of rotatable bonds is 22. The van der Waals surface area contributed by atoms with Crippen molar-refractivity contribution in [2.75, 3.05) is 65.6 Å². The number of carbonyl (C=O) groups excluding carboxylic acids is 7. The molecular formula is C82H105F7N8O9. The monoisotopic (exact) mass is 1480 g/mol. The standard InChI is InChI=1S/2C27H35FN2O3.C14H19FN2O.C7H8F3NO2.C7H8FN/c2*1-20(2)19-33-26-11-6-22(7-12-26)8-13-27(32)30(18-23-4-9-24(28)10-5-23)25-14-16-29(17-15-25)21(3)31;1-11(18)17-8-6-14(7-9-17)16-10-12-2-4-13(15)5-3-12;8-7(9,10)6(13)11-3-1-5(12)2-4-11;8-7-3-1-6(5-9)2-4-7/h2*4-7,9-12,20,25H,8,13-19H2,1-3H3;2-5,14,16H,6-10H2,1H3;1-4H2;1-4H,5,9H2. The molecule has 24 heteroatoms. The van der Waals surface area contributed by atoms with Crippen molar-refractivity contribution < 1.29 is 73.8 Å². The fourth-order valence-corrected chi connectivity index (χ4v) is 12.2. The topological polar surface area (TPSA) is 195 Å². The molecule has 4 aliphatic heterocycles. The smallest absolute Gasteiger partial charge is 0.471 e. The lowest BCUT2D eigenvalue weighted by molar-refractivity contribution is -0.186. The summed E-state index contributed by atoms with van der Waals surface area (Å²) >= 11 is 0. The Morgan fingerprint density at radius 3 is 1.08 bits per heavy atom. The quantitative estimate of drug-likeness (QED) is 0.0614. The molecule has 0 bridgehead atoms. The van der Waals surface area contributed by atoms with Crippen molar-refractivity contribution in [1.82, 2.24) is 34.7 Å². The number of alkyl halides is 3. The van der Waals surface area contributed by atoms with Gasteiger partial charge in [-0.05, 0) is 169 Å². The summed E-state index contributed by atoms with van der Waals surface area (Å²) in [5.74, 6) is 0.174. The number of aryl methyl sites for hydroxylation is 2. The first-order valence-electron chi connectivity index (χ1n) is 36.6. The second kappa shape index (κ2) is 44.1. The number of benzene rings is 6. The number of halogens is 7. The molecule has 0 aromatic heterocycles. The minimum absolute atomic E-state index is 0.0296. The highest BCUT2D eigenvalue weighted by Gasteiger charge is 2.43. The van der Waals surface area contributed by atoms with Gasteiger partial charge in [0.2, 0.25) is 29.5 Å². The average molecular weight is 1480 g/mol. The highest BCUT2D eigenvalue weighted by Crippen LogP contribution is 2.26. The van der Waals surface area contributed by atoms with E-state index in [4.69, 9.17) is 15.2 Å². The third kappa shape index (κ3) is 31.1. The number of hydrogen-bond acceptors (Lipinski definition) is 11. The first-order chi connectivity index (χ1) is 50.5. The molecule has 0 unspecified atom stereocenters. The average Bonchev–Trinajstić information content (AvgIpc) is 0.843. The van der Waals surface area contributed by atoms with Crippen LogP contribution < -0.4 is 20.5 Å². The molecule has 4 heterocycles. The molecule has 4 fully saturated rings. The summed E-state index contributed by atoms with van der Waals surface area (Å²) in [6, 6.07) is 41.8. The molecule has 4 saturated heterocycles. The summed E-state index contributed by atoms with van der Waals surface area (Å²) < 4.78 is 98.7. The number of nitrogens with one attached hydrogen (secondary N) is 1. The summed E-state index contributed by atoms with van der Waals surface area (Å²) in [6.45, 7) is 20.8. The predicted molar refractivity (Wildman–Crippen MR) is 394 cm³/mol. The molecule has 0 spiro atoms. The number of piperidine rings is 4. The Labute approximate surface area is 619 Å². The van der Waals surface area contributed by atoms with Gasteiger partial charge in [-0.2, -0.15) is 13.2 Å². The number of nitrogens with two attached hydrogens (primary N) is 1. The zero-order valence-electron chi connectivity index (χ0n) is 62.2. The summed E-state index contributed by atoms with van der Waals surface area (Å²) in [5, 5.41) is 3.46. The van der Waals surface area contributed by atoms with Crippen LogP contribution in [-0.4, -0.2) is 160 Å². The van der Waals surface area contributed by atoms with Crippen molar-refractivity contribution in [3.8, 4) is 11.5 Å². The Morgan fingerprint density at radius 1 is 0.453 bits per heavy atom. The molecule has 0 saturated carbocycles. The molecule has 4 aliphatic rings. The summed E-state index contributed by atoms with van der Waals surface area (Å²) in [7, 11) is 0. The van der Waals surface area contributed by atoms with Crippen LogP contribution in [-0.2, 0) is 72.6 Å². The van der Waals surface area contributed by atoms with Gasteiger partial charge in [-0.15, -0.1) is 0 Å². The predicted octanol–water partition coefficient (Wildman–Crippen LogP) is 13.6. The Bertz CT molecular complexity index is 3500. The third-order valence-corrected chi connectivity index (χ3v) is 18.6. The number of ether oxygens (including phenoxy) is 2. The van der Waals surface area contributed by atoms with E-state index in [0.717, 1.165) is 103 Å². The van der Waals surface area contributed by atoms with E-state index in [1.807, 2.05) is 73.0 Å². The van der Waals surface area contributed by atoms with Crippen LogP contribution in [0.1, 0.15) is 146 Å². The Balaban J connectivity index is 0.000000223. The van der Waals surface area contributed by atoms with Gasteiger partial charge in [-0.3, -0.25) is 33.6 Å². The van der Waals surface area contributed by atoms with Crippen LogP contribution in [0.25, 0.3) is 0 Å². The largest absolute Gasteiger partial charge is 0.493 e. The number of nitrogens with zero attached hydrogens (tertiary/aromatic N) is 6. The van der Waals surface area contributed by atoms with E-state index in [1.165, 1.54) is 48.5 Å². The zero-order chi connectivity index (χ0) is 77.3. The highest BCUT2D eigenvalue weighted by molar-refractivity contribution is 5.86. The molecule has 6 aromatic rings. The van der Waals surface area contributed by atoms with Crippen molar-refractivity contribution in [2.24, 2.45) is 17.6 Å². The van der Waals surface area contributed by atoms with Gasteiger partial charge in [0.15, 0.2) is 0 Å². The van der Waals surface area contributed by atoms with Gasteiger partial charge in [0.25, 0.3) is 0 Å². The summed E-state index contributed by atoms with van der Waals surface area (Å²) in [5.41, 5.74) is 11.3. The lowest BCUT2D eigenvalue weighted by atomic mass is 10.0. The number of amides is 6. The minimum atomic E-state index is -4.82. The van der Waals surface area contributed by atoms with Crippen LogP contribution in [0.5, 0.6) is 11.5 Å². The van der Waals surface area contributed by atoms with E-state index < -0.39 is 12.1 Å². The SMILES string of the molecule is CC(=O)N1CCC(N(Cc2ccc(F)cc2)C(=O)CCc2ccc(OCC(C)C)cc2)CC1.CC(=O)N1CCC(N(Cc2ccc(F)cc2)C(=O)CCc2ccc(OCC(C)C)cc2)CC1.CC(=O)N1CCC(NCc2ccc(F)cc2)CC1.NCc1ccc(F)cc1.O=C1CCN(C(=O)C(F)(F)F)CC1. The number of carbonyl (C=O) groups is 7. The lowest BCUT2D eigenvalue weighted by Gasteiger charge is -2.38. The van der Waals surface area contributed by atoms with Gasteiger partial charge in [0.1, 0.15) is 40.6 Å². The van der Waals surface area contributed by atoms with Gasteiger partial charge >= 0.3 is 12.1 Å². The number of hydrogen-bond donors (Lipinski definition) is 2. The third-order valence-electron chi connectivity index (χ3n) is 18.6. The maximum Gasteiger partial charge on any atom is 0.471 e. The van der Waals surface area contributed by atoms with Crippen LogP contribution in [0.15, 0.2) is 146 Å². The maximum atomic E-state index is 13.4. The molecule has 6 aromatic carbocycles. The van der Waals surface area contributed by atoms with E-state index in [0.29, 0.717) is 107 Å². The summed E-state index contributed by atoms with van der Waals surface area (Å²) in [6.07, 6.45) is 2.35. The van der Waals surface area contributed by atoms with Crippen molar-refractivity contribution in [3.05, 3.63) is 202 Å². The Morgan fingerprint density at radius 2 is 0.764 bits per heavy atom. The second-order valence-corrected chi connectivity index (χ2v) is 27.9. The molecule has 17 nitrogen and oxygen atoms in total. The van der Waals surface area contributed by atoms with Crippen LogP contribution in [0.3, 0.4) is 0 Å². The van der Waals surface area contributed by atoms with E-state index in [1.54, 1.807) is 69.3 Å². The maximum absolute atomic E-state index is 13.4. The fourth-order valence-electron chi connectivity index (χ4n) is 12.2. The molecule has 3 N–H and O–H groups in total. The zero-order valence-corrected chi connectivity index (χ0v) is 62.2. The number of likely N-dealkylation sites (tertiary alicyclic amines) is 4. The summed E-state index contributed by atoms with van der Waals surface area (Å²) in [4.78, 5) is 92.5. The first-order valence-corrected chi connectivity index (χ1v) is 36.6. The molecule has 6 amide bonds. The molecule has 0 aliphatic carbocycles. The highest BCUT2D eigenvalue weighted by atomic mass is 19.4. The van der Waals surface area contributed by atoms with E-state index in [9.17, 15) is 64.3 Å². The first kappa shape index (κ1) is 85.8. The molecule has 0 radical (unpaired) electrons. The molecule has 576 valence electrons. The number of ketones is 1.